The zero-order chi connectivity index (χ0) is 20.1. The predicted molar refractivity (Wildman–Crippen MR) is 116 cm³/mol. The van der Waals surface area contributed by atoms with Gasteiger partial charge in [0.05, 0.1) is 37.2 Å². The molecule has 0 saturated heterocycles. The van der Waals surface area contributed by atoms with Gasteiger partial charge in [0.25, 0.3) is 0 Å². The second kappa shape index (κ2) is 6.90. The zero-order valence-corrected chi connectivity index (χ0v) is 16.8. The lowest BCUT2D eigenvalue weighted by atomic mass is 10.1. The number of hydrogen-bond acceptors (Lipinski definition) is 6. The molecule has 150 valence electrons. The fourth-order valence-corrected chi connectivity index (χ4v) is 4.24. The maximum atomic E-state index is 6.13. The Morgan fingerprint density at radius 1 is 1.07 bits per heavy atom. The van der Waals surface area contributed by atoms with Crippen molar-refractivity contribution in [1.82, 2.24) is 19.8 Å². The summed E-state index contributed by atoms with van der Waals surface area (Å²) in [5.41, 5.74) is 3.13. The molecule has 0 fully saturated rings. The molecule has 0 unspecified atom stereocenters. The van der Waals surface area contributed by atoms with Crippen LogP contribution in [0.2, 0.25) is 5.02 Å². The molecule has 0 saturated carbocycles. The smallest absolute Gasteiger partial charge is 0.216 e. The number of halogens is 1. The predicted octanol–water partition coefficient (Wildman–Crippen LogP) is 4.03. The number of fused-ring (bicyclic) bond motifs is 5. The number of rotatable bonds is 3. The second-order valence-electron chi connectivity index (χ2n) is 7.47. The largest absolute Gasteiger partial charge is 0.468 e. The van der Waals surface area contributed by atoms with Crippen LogP contribution in [0, 0.1) is 0 Å². The van der Waals surface area contributed by atoms with Crippen molar-refractivity contribution >= 4 is 34.5 Å². The van der Waals surface area contributed by atoms with Crippen LogP contribution in [-0.4, -0.2) is 33.7 Å². The fraction of sp³-hybridized carbons (Fsp3) is 0.182. The Morgan fingerprint density at radius 2 is 1.93 bits per heavy atom. The Morgan fingerprint density at radius 3 is 2.77 bits per heavy atom. The van der Waals surface area contributed by atoms with E-state index in [9.17, 15) is 0 Å². The molecule has 1 N–H and O–H groups in total. The Kier molecular flexibility index (Phi) is 4.04. The zero-order valence-electron chi connectivity index (χ0n) is 16.1. The molecule has 0 radical (unpaired) electrons. The van der Waals surface area contributed by atoms with Crippen LogP contribution in [0.15, 0.2) is 76.3 Å². The first-order chi connectivity index (χ1) is 14.8. The standard InChI is InChI=1S/C22H19ClN6O/c23-16-9-7-15(8-10-16)20-26-21-24-13-27(12-17-4-3-11-30-17)14-28(21)22-25-18-5-1-2-6-19(18)29(20)22/h1-11,20H,12-14H2,(H,24,26)/t20-/m0/s1. The number of nitrogens with zero attached hydrogens (tertiary/aromatic N) is 5. The minimum atomic E-state index is -0.115. The van der Waals surface area contributed by atoms with Crippen molar-refractivity contribution in [3.05, 3.63) is 83.3 Å². The Labute approximate surface area is 178 Å². The monoisotopic (exact) mass is 418 g/mol. The number of guanidine groups is 1. The summed E-state index contributed by atoms with van der Waals surface area (Å²) in [5.74, 6) is 2.62. The number of imidazole rings is 1. The van der Waals surface area contributed by atoms with Gasteiger partial charge in [-0.3, -0.25) is 14.4 Å². The van der Waals surface area contributed by atoms with Gasteiger partial charge in [-0.05, 0) is 42.0 Å². The molecule has 1 atom stereocenters. The summed E-state index contributed by atoms with van der Waals surface area (Å²) < 4.78 is 7.75. The molecule has 2 aliphatic heterocycles. The molecule has 2 aromatic carbocycles. The number of benzene rings is 2. The lowest BCUT2D eigenvalue weighted by Crippen LogP contribution is -2.57. The van der Waals surface area contributed by atoms with Gasteiger partial charge in [0.2, 0.25) is 11.9 Å². The van der Waals surface area contributed by atoms with Gasteiger partial charge >= 0.3 is 0 Å². The van der Waals surface area contributed by atoms with Crippen molar-refractivity contribution in [1.29, 1.82) is 0 Å². The minimum Gasteiger partial charge on any atom is -0.468 e. The molecule has 0 spiro atoms. The summed E-state index contributed by atoms with van der Waals surface area (Å²) >= 11 is 6.13. The Hall–Kier alpha value is -3.29. The normalized spacial score (nSPS) is 18.6. The molecule has 4 aromatic rings. The van der Waals surface area contributed by atoms with E-state index in [1.807, 2.05) is 54.6 Å². The van der Waals surface area contributed by atoms with E-state index in [1.54, 1.807) is 6.26 Å². The highest BCUT2D eigenvalue weighted by Gasteiger charge is 2.35. The lowest BCUT2D eigenvalue weighted by molar-refractivity contribution is 0.243. The van der Waals surface area contributed by atoms with Crippen molar-refractivity contribution in [2.75, 3.05) is 18.2 Å². The molecule has 4 heterocycles. The van der Waals surface area contributed by atoms with E-state index >= 15 is 0 Å². The van der Waals surface area contributed by atoms with E-state index < -0.39 is 0 Å². The fourth-order valence-electron chi connectivity index (χ4n) is 4.11. The first kappa shape index (κ1) is 17.6. The number of nitrogens with one attached hydrogen (secondary N) is 1. The van der Waals surface area contributed by atoms with Gasteiger partial charge in [0, 0.05) is 5.02 Å². The molecule has 0 amide bonds. The number of aromatic nitrogens is 2. The van der Waals surface area contributed by atoms with E-state index in [4.69, 9.17) is 26.0 Å². The maximum Gasteiger partial charge on any atom is 0.216 e. The van der Waals surface area contributed by atoms with Crippen molar-refractivity contribution in [2.24, 2.45) is 4.99 Å². The number of para-hydroxylation sites is 2. The first-order valence-corrected chi connectivity index (χ1v) is 10.2. The first-order valence-electron chi connectivity index (χ1n) is 9.82. The average Bonchev–Trinajstić information content (AvgIpc) is 3.42. The molecule has 2 aromatic heterocycles. The summed E-state index contributed by atoms with van der Waals surface area (Å²) in [4.78, 5) is 14.1. The third kappa shape index (κ3) is 2.86. The van der Waals surface area contributed by atoms with Gasteiger partial charge < -0.3 is 9.73 Å². The highest BCUT2D eigenvalue weighted by atomic mass is 35.5. The van der Waals surface area contributed by atoms with Gasteiger partial charge in [-0.25, -0.2) is 9.98 Å². The summed E-state index contributed by atoms with van der Waals surface area (Å²) in [7, 11) is 0. The summed E-state index contributed by atoms with van der Waals surface area (Å²) in [5, 5.41) is 4.33. The maximum absolute atomic E-state index is 6.13. The van der Waals surface area contributed by atoms with Gasteiger partial charge in [0.15, 0.2) is 0 Å². The Balaban J connectivity index is 1.44. The Bertz CT molecular complexity index is 1230. The van der Waals surface area contributed by atoms with Crippen molar-refractivity contribution in [3.8, 4) is 0 Å². The molecule has 0 bridgehead atoms. The third-order valence-electron chi connectivity index (χ3n) is 5.51. The molecular weight excluding hydrogens is 400 g/mol. The van der Waals surface area contributed by atoms with Crippen LogP contribution in [0.5, 0.6) is 0 Å². The number of hydrogen-bond donors (Lipinski definition) is 1. The van der Waals surface area contributed by atoms with Gasteiger partial charge in [-0.1, -0.05) is 35.9 Å². The van der Waals surface area contributed by atoms with Crippen LogP contribution < -0.4 is 10.2 Å². The van der Waals surface area contributed by atoms with E-state index in [-0.39, 0.29) is 6.17 Å². The number of furan rings is 1. The summed E-state index contributed by atoms with van der Waals surface area (Å²) in [6.45, 7) is 1.96. The molecule has 8 heteroatoms. The summed E-state index contributed by atoms with van der Waals surface area (Å²) in [6, 6.07) is 20.0. The molecule has 30 heavy (non-hydrogen) atoms. The second-order valence-corrected chi connectivity index (χ2v) is 7.91. The molecular formula is C22H19ClN6O. The minimum absolute atomic E-state index is 0.115. The van der Waals surface area contributed by atoms with E-state index in [2.05, 4.69) is 25.8 Å². The van der Waals surface area contributed by atoms with Crippen molar-refractivity contribution in [2.45, 2.75) is 12.7 Å². The SMILES string of the molecule is Clc1ccc([C@H]2NC3=NCN(Cc4ccco4)CN3c3nc4ccccc4n32)cc1. The number of anilines is 1. The quantitative estimate of drug-likeness (QED) is 0.544. The van der Waals surface area contributed by atoms with Crippen molar-refractivity contribution < 1.29 is 4.42 Å². The highest BCUT2D eigenvalue weighted by Crippen LogP contribution is 2.34. The van der Waals surface area contributed by atoms with Crippen LogP contribution in [0.4, 0.5) is 5.95 Å². The molecule has 7 nitrogen and oxygen atoms in total. The van der Waals surface area contributed by atoms with Crippen LogP contribution in [0.25, 0.3) is 11.0 Å². The van der Waals surface area contributed by atoms with E-state index in [0.29, 0.717) is 19.9 Å². The molecule has 0 aliphatic carbocycles. The van der Waals surface area contributed by atoms with Gasteiger partial charge in [-0.15, -0.1) is 0 Å². The van der Waals surface area contributed by atoms with E-state index in [1.165, 1.54) is 0 Å². The summed E-state index contributed by atoms with van der Waals surface area (Å²) in [6.07, 6.45) is 1.59. The average molecular weight is 419 g/mol. The molecule has 2 aliphatic rings. The third-order valence-corrected chi connectivity index (χ3v) is 5.76. The van der Waals surface area contributed by atoms with Crippen LogP contribution in [0.3, 0.4) is 0 Å². The lowest BCUT2D eigenvalue weighted by Gasteiger charge is -2.41. The van der Waals surface area contributed by atoms with Crippen molar-refractivity contribution in [3.63, 3.8) is 0 Å². The van der Waals surface area contributed by atoms with Gasteiger partial charge in [0.1, 0.15) is 11.9 Å². The van der Waals surface area contributed by atoms with Gasteiger partial charge in [-0.2, -0.15) is 0 Å². The van der Waals surface area contributed by atoms with Crippen LogP contribution >= 0.6 is 11.6 Å². The van der Waals surface area contributed by atoms with E-state index in [0.717, 1.165) is 39.3 Å². The highest BCUT2D eigenvalue weighted by molar-refractivity contribution is 6.30. The topological polar surface area (TPSA) is 61.8 Å². The van der Waals surface area contributed by atoms with Crippen LogP contribution in [0.1, 0.15) is 17.5 Å². The molecule has 6 rings (SSSR count). The van der Waals surface area contributed by atoms with Crippen LogP contribution in [-0.2, 0) is 6.54 Å². The number of aliphatic imine (C=N–C) groups is 1.